The van der Waals surface area contributed by atoms with Crippen LogP contribution in [-0.4, -0.2) is 18.5 Å². The van der Waals surface area contributed by atoms with Crippen LogP contribution in [0.3, 0.4) is 0 Å². The molecule has 0 aliphatic heterocycles. The van der Waals surface area contributed by atoms with E-state index in [1.807, 2.05) is 19.9 Å². The van der Waals surface area contributed by atoms with Gasteiger partial charge in [-0.05, 0) is 51.8 Å². The summed E-state index contributed by atoms with van der Waals surface area (Å²) in [5, 5.41) is 5.82. The third-order valence-corrected chi connectivity index (χ3v) is 3.73. The normalized spacial score (nSPS) is 12.5. The van der Waals surface area contributed by atoms with Gasteiger partial charge in [0.2, 0.25) is 5.91 Å². The Hall–Kier alpha value is -0.330. The Morgan fingerprint density at radius 3 is 2.75 bits per heavy atom. The second-order valence-corrected chi connectivity index (χ2v) is 4.91. The average molecular weight is 354 g/mol. The Labute approximate surface area is 111 Å². The van der Waals surface area contributed by atoms with Crippen LogP contribution in [0.5, 0.6) is 0 Å². The molecule has 0 saturated carbocycles. The highest BCUT2D eigenvalue weighted by Gasteiger charge is 2.12. The third-order valence-electron chi connectivity index (χ3n) is 2.02. The Balaban J connectivity index is 2.42. The van der Waals surface area contributed by atoms with Crippen molar-refractivity contribution in [3.8, 4) is 0 Å². The van der Waals surface area contributed by atoms with Gasteiger partial charge >= 0.3 is 0 Å². The first-order valence-corrected chi connectivity index (χ1v) is 6.58. The molecule has 1 atom stereocenters. The number of hydrogen-bond acceptors (Lipinski definition) is 3. The molecule has 1 heterocycles. The molecule has 0 spiro atoms. The fourth-order valence-corrected chi connectivity index (χ4v) is 1.81. The molecular weight excluding hydrogens is 340 g/mol. The van der Waals surface area contributed by atoms with Crippen LogP contribution < -0.4 is 10.6 Å². The standard InChI is InChI=1S/C10H14Br2N2O2/c1-3-13-10(15)6(2)14-5-7-4-8(11)9(12)16-7/h4,6,14H,3,5H2,1-2H3,(H,13,15). The molecule has 1 rings (SSSR count). The SMILES string of the molecule is CCNC(=O)C(C)NCc1cc(Br)c(Br)o1. The molecule has 16 heavy (non-hydrogen) atoms. The lowest BCUT2D eigenvalue weighted by atomic mass is 10.3. The van der Waals surface area contributed by atoms with E-state index in [0.717, 1.165) is 10.2 Å². The number of furan rings is 1. The molecule has 0 aliphatic carbocycles. The maximum Gasteiger partial charge on any atom is 0.236 e. The van der Waals surface area contributed by atoms with Crippen LogP contribution in [0.4, 0.5) is 0 Å². The van der Waals surface area contributed by atoms with Gasteiger partial charge in [-0.3, -0.25) is 10.1 Å². The summed E-state index contributed by atoms with van der Waals surface area (Å²) in [6, 6.07) is 1.63. The Kier molecular flexibility index (Phi) is 5.51. The van der Waals surface area contributed by atoms with Crippen LogP contribution >= 0.6 is 31.9 Å². The summed E-state index contributed by atoms with van der Waals surface area (Å²) in [6.07, 6.45) is 0. The Morgan fingerprint density at radius 2 is 2.25 bits per heavy atom. The smallest absolute Gasteiger partial charge is 0.236 e. The summed E-state index contributed by atoms with van der Waals surface area (Å²) in [5.74, 6) is 0.766. The van der Waals surface area contributed by atoms with Crippen LogP contribution in [0.2, 0.25) is 0 Å². The van der Waals surface area contributed by atoms with Gasteiger partial charge in [0.05, 0.1) is 17.1 Å². The van der Waals surface area contributed by atoms with Crippen molar-refractivity contribution >= 4 is 37.8 Å². The van der Waals surface area contributed by atoms with E-state index in [4.69, 9.17) is 4.42 Å². The van der Waals surface area contributed by atoms with Gasteiger partial charge in [-0.1, -0.05) is 0 Å². The maximum atomic E-state index is 11.4. The van der Waals surface area contributed by atoms with Crippen molar-refractivity contribution < 1.29 is 9.21 Å². The summed E-state index contributed by atoms with van der Waals surface area (Å²) in [4.78, 5) is 11.4. The van der Waals surface area contributed by atoms with Crippen molar-refractivity contribution in [2.75, 3.05) is 6.54 Å². The lowest BCUT2D eigenvalue weighted by Gasteiger charge is -2.11. The highest BCUT2D eigenvalue weighted by molar-refractivity contribution is 9.13. The number of carbonyl (C=O) groups is 1. The minimum absolute atomic E-state index is 0.00723. The molecule has 0 bridgehead atoms. The number of amides is 1. The first kappa shape index (κ1) is 13.7. The monoisotopic (exact) mass is 352 g/mol. The second kappa shape index (κ2) is 6.42. The van der Waals surface area contributed by atoms with Crippen LogP contribution in [-0.2, 0) is 11.3 Å². The van der Waals surface area contributed by atoms with Gasteiger partial charge in [0.1, 0.15) is 5.76 Å². The first-order chi connectivity index (χ1) is 7.54. The second-order valence-electron chi connectivity index (χ2n) is 3.33. The zero-order chi connectivity index (χ0) is 12.1. The molecule has 0 aliphatic rings. The minimum atomic E-state index is -0.234. The molecular formula is C10H14Br2N2O2. The molecule has 1 amide bonds. The molecule has 0 saturated heterocycles. The Bertz CT molecular complexity index is 346. The minimum Gasteiger partial charge on any atom is -0.452 e. The highest BCUT2D eigenvalue weighted by atomic mass is 79.9. The predicted molar refractivity (Wildman–Crippen MR) is 69.1 cm³/mol. The van der Waals surface area contributed by atoms with Gasteiger partial charge in [-0.25, -0.2) is 0 Å². The van der Waals surface area contributed by atoms with Gasteiger partial charge in [-0.2, -0.15) is 0 Å². The zero-order valence-corrected chi connectivity index (χ0v) is 12.3. The summed E-state index contributed by atoms with van der Waals surface area (Å²) < 4.78 is 6.91. The molecule has 2 N–H and O–H groups in total. The molecule has 90 valence electrons. The lowest BCUT2D eigenvalue weighted by molar-refractivity contribution is -0.122. The molecule has 0 aromatic carbocycles. The van der Waals surface area contributed by atoms with Crippen molar-refractivity contribution in [2.45, 2.75) is 26.4 Å². The van der Waals surface area contributed by atoms with E-state index in [0.29, 0.717) is 17.8 Å². The van der Waals surface area contributed by atoms with E-state index in [9.17, 15) is 4.79 Å². The Morgan fingerprint density at radius 1 is 1.56 bits per heavy atom. The molecule has 4 nitrogen and oxygen atoms in total. The van der Waals surface area contributed by atoms with Crippen LogP contribution in [0.15, 0.2) is 19.6 Å². The van der Waals surface area contributed by atoms with Crippen LogP contribution in [0.25, 0.3) is 0 Å². The van der Waals surface area contributed by atoms with Gasteiger partial charge in [-0.15, -0.1) is 0 Å². The molecule has 0 fully saturated rings. The largest absolute Gasteiger partial charge is 0.452 e. The number of rotatable bonds is 5. The van der Waals surface area contributed by atoms with Crippen molar-refractivity contribution in [1.29, 1.82) is 0 Å². The summed E-state index contributed by atoms with van der Waals surface area (Å²) in [5.41, 5.74) is 0. The quantitative estimate of drug-likeness (QED) is 0.854. The first-order valence-electron chi connectivity index (χ1n) is 4.99. The summed E-state index contributed by atoms with van der Waals surface area (Å²) in [6.45, 7) is 4.87. The highest BCUT2D eigenvalue weighted by Crippen LogP contribution is 2.26. The third kappa shape index (κ3) is 3.92. The molecule has 1 aromatic rings. The fraction of sp³-hybridized carbons (Fsp3) is 0.500. The molecule has 6 heteroatoms. The predicted octanol–water partition coefficient (Wildman–Crippen LogP) is 2.42. The van der Waals surface area contributed by atoms with E-state index in [1.165, 1.54) is 0 Å². The molecule has 1 unspecified atom stereocenters. The van der Waals surface area contributed by atoms with E-state index in [2.05, 4.69) is 42.5 Å². The summed E-state index contributed by atoms with van der Waals surface area (Å²) in [7, 11) is 0. The van der Waals surface area contributed by atoms with Crippen LogP contribution in [0.1, 0.15) is 19.6 Å². The zero-order valence-electron chi connectivity index (χ0n) is 9.14. The van der Waals surface area contributed by atoms with Crippen LogP contribution in [0, 0.1) is 0 Å². The number of hydrogen-bond donors (Lipinski definition) is 2. The van der Waals surface area contributed by atoms with E-state index >= 15 is 0 Å². The average Bonchev–Trinajstić information content (AvgIpc) is 2.55. The molecule has 1 aromatic heterocycles. The van der Waals surface area contributed by atoms with Gasteiger partial charge < -0.3 is 9.73 Å². The van der Waals surface area contributed by atoms with Crippen molar-refractivity contribution in [2.24, 2.45) is 0 Å². The van der Waals surface area contributed by atoms with E-state index in [-0.39, 0.29) is 11.9 Å². The number of carbonyl (C=O) groups excluding carboxylic acids is 1. The topological polar surface area (TPSA) is 54.3 Å². The lowest BCUT2D eigenvalue weighted by Crippen LogP contribution is -2.41. The van der Waals surface area contributed by atoms with Gasteiger partial charge in [0, 0.05) is 6.54 Å². The van der Waals surface area contributed by atoms with Crippen molar-refractivity contribution in [1.82, 2.24) is 10.6 Å². The molecule has 0 radical (unpaired) electrons. The summed E-state index contributed by atoms with van der Waals surface area (Å²) >= 11 is 6.59. The number of nitrogens with one attached hydrogen (secondary N) is 2. The van der Waals surface area contributed by atoms with Crippen molar-refractivity contribution in [3.63, 3.8) is 0 Å². The maximum absolute atomic E-state index is 11.4. The fourth-order valence-electron chi connectivity index (χ4n) is 1.15. The number of likely N-dealkylation sites (N-methyl/N-ethyl adjacent to an activating group) is 1. The number of halogens is 2. The van der Waals surface area contributed by atoms with Gasteiger partial charge in [0.15, 0.2) is 4.67 Å². The van der Waals surface area contributed by atoms with E-state index in [1.54, 1.807) is 0 Å². The van der Waals surface area contributed by atoms with Crippen molar-refractivity contribution in [3.05, 3.63) is 21.0 Å². The van der Waals surface area contributed by atoms with Gasteiger partial charge in [0.25, 0.3) is 0 Å². The van der Waals surface area contributed by atoms with E-state index < -0.39 is 0 Å².